The molecule has 30 heavy (non-hydrogen) atoms. The summed E-state index contributed by atoms with van der Waals surface area (Å²) in [6.07, 6.45) is 1.25. The molecule has 0 fully saturated rings. The number of halogens is 2. The number of carbonyl (C=O) groups is 1. The molecule has 3 aromatic rings. The van der Waals surface area contributed by atoms with Gasteiger partial charge in [0.15, 0.2) is 16.7 Å². The molecule has 3 rings (SSSR count). The van der Waals surface area contributed by atoms with Gasteiger partial charge in [0.05, 0.1) is 11.1 Å². The van der Waals surface area contributed by atoms with Gasteiger partial charge >= 0.3 is 6.03 Å². The molecule has 1 aromatic heterocycles. The Balaban J connectivity index is 1.71. The van der Waals surface area contributed by atoms with E-state index >= 15 is 0 Å². The highest BCUT2D eigenvalue weighted by Crippen LogP contribution is 2.32. The minimum Gasteiger partial charge on any atom is -0.442 e. The number of amides is 2. The maximum Gasteiger partial charge on any atom is 0.327 e. The van der Waals surface area contributed by atoms with Crippen LogP contribution in [0.25, 0.3) is 0 Å². The van der Waals surface area contributed by atoms with Crippen molar-refractivity contribution in [1.82, 2.24) is 9.71 Å². The van der Waals surface area contributed by atoms with Gasteiger partial charge in [0.1, 0.15) is 5.82 Å². The zero-order valence-corrected chi connectivity index (χ0v) is 17.4. The van der Waals surface area contributed by atoms with Crippen molar-refractivity contribution in [3.63, 3.8) is 0 Å². The van der Waals surface area contributed by atoms with Crippen LogP contribution in [0, 0.1) is 11.6 Å². The average molecular weight is 454 g/mol. The Morgan fingerprint density at radius 1 is 1.20 bits per heavy atom. The summed E-state index contributed by atoms with van der Waals surface area (Å²) < 4.78 is 58.2. The molecule has 0 saturated carbocycles. The van der Waals surface area contributed by atoms with Gasteiger partial charge in [0.25, 0.3) is 0 Å². The van der Waals surface area contributed by atoms with E-state index in [1.54, 1.807) is 6.07 Å². The van der Waals surface area contributed by atoms with Crippen molar-refractivity contribution in [3.05, 3.63) is 60.3 Å². The minimum absolute atomic E-state index is 0.00389. The van der Waals surface area contributed by atoms with E-state index in [1.165, 1.54) is 43.4 Å². The number of hydrogen-bond acceptors (Lipinski definition) is 6. The van der Waals surface area contributed by atoms with E-state index in [4.69, 9.17) is 4.74 Å². The second-order valence-electron chi connectivity index (χ2n) is 5.86. The Hall–Kier alpha value is -3.09. The fourth-order valence-electron chi connectivity index (χ4n) is 2.30. The van der Waals surface area contributed by atoms with Crippen molar-refractivity contribution in [1.29, 1.82) is 0 Å². The Bertz CT molecular complexity index is 1180. The predicted octanol–water partition coefficient (Wildman–Crippen LogP) is 3.79. The molecular weight excluding hydrogens is 438 g/mol. The monoisotopic (exact) mass is 454 g/mol. The molecule has 2 amide bonds. The average Bonchev–Trinajstić information content (AvgIpc) is 3.17. The van der Waals surface area contributed by atoms with E-state index in [2.05, 4.69) is 15.0 Å². The lowest BCUT2D eigenvalue weighted by Gasteiger charge is -2.18. The first-order valence-corrected chi connectivity index (χ1v) is 10.7. The summed E-state index contributed by atoms with van der Waals surface area (Å²) in [4.78, 5) is 17.6. The van der Waals surface area contributed by atoms with Gasteiger partial charge in [-0.05, 0) is 37.4 Å². The second-order valence-corrected chi connectivity index (χ2v) is 8.74. The lowest BCUT2D eigenvalue weighted by Crippen LogP contribution is -2.31. The fraction of sp³-hybridized carbons (Fsp3) is 0.111. The molecule has 0 spiro atoms. The van der Waals surface area contributed by atoms with Gasteiger partial charge in [-0.3, -0.25) is 10.2 Å². The molecule has 0 unspecified atom stereocenters. The number of nitrogens with zero attached hydrogens (tertiary/aromatic N) is 2. The van der Waals surface area contributed by atoms with E-state index in [-0.39, 0.29) is 20.8 Å². The van der Waals surface area contributed by atoms with Gasteiger partial charge in [0, 0.05) is 18.8 Å². The highest BCUT2D eigenvalue weighted by molar-refractivity contribution is 7.89. The van der Waals surface area contributed by atoms with Crippen LogP contribution in [0.2, 0.25) is 0 Å². The third-order valence-electron chi connectivity index (χ3n) is 3.89. The molecule has 12 heteroatoms. The number of nitrogens with one attached hydrogen (secondary N) is 2. The van der Waals surface area contributed by atoms with Crippen LogP contribution in [0.3, 0.4) is 0 Å². The van der Waals surface area contributed by atoms with Crippen LogP contribution in [0.15, 0.2) is 53.6 Å². The molecule has 0 aliphatic heterocycles. The number of carbonyl (C=O) groups excluding carboxylic acids is 1. The van der Waals surface area contributed by atoms with Crippen molar-refractivity contribution in [2.24, 2.45) is 0 Å². The van der Waals surface area contributed by atoms with E-state index < -0.39 is 27.7 Å². The molecule has 0 aliphatic carbocycles. The smallest absolute Gasteiger partial charge is 0.327 e. The maximum absolute atomic E-state index is 13.7. The van der Waals surface area contributed by atoms with E-state index in [1.807, 2.05) is 0 Å². The summed E-state index contributed by atoms with van der Waals surface area (Å²) in [5, 5.41) is 2.82. The summed E-state index contributed by atoms with van der Waals surface area (Å²) in [6, 6.07) is 8.02. The van der Waals surface area contributed by atoms with Crippen LogP contribution in [-0.2, 0) is 10.0 Å². The fourth-order valence-corrected chi connectivity index (χ4v) is 3.74. The SMILES string of the molecule is CNS(=O)(=O)c1cccc(N(C)C(=O)Nc2ncc(Oc3cc(F)ccc3F)s2)c1. The molecule has 0 saturated heterocycles. The topological polar surface area (TPSA) is 101 Å². The third-order valence-corrected chi connectivity index (χ3v) is 6.09. The first-order valence-electron chi connectivity index (χ1n) is 8.36. The van der Waals surface area contributed by atoms with Crippen LogP contribution in [0.1, 0.15) is 0 Å². The number of thiazole rings is 1. The van der Waals surface area contributed by atoms with E-state index in [0.717, 1.165) is 29.5 Å². The molecule has 8 nitrogen and oxygen atoms in total. The molecule has 2 aromatic carbocycles. The molecule has 158 valence electrons. The summed E-state index contributed by atoms with van der Waals surface area (Å²) in [5.74, 6) is -1.71. The van der Waals surface area contributed by atoms with Gasteiger partial charge in [-0.2, -0.15) is 0 Å². The van der Waals surface area contributed by atoms with Crippen molar-refractivity contribution in [3.8, 4) is 10.8 Å². The molecule has 0 radical (unpaired) electrons. The lowest BCUT2D eigenvalue weighted by atomic mass is 10.3. The summed E-state index contributed by atoms with van der Waals surface area (Å²) in [7, 11) is -0.924. The van der Waals surface area contributed by atoms with Crippen molar-refractivity contribution in [2.45, 2.75) is 4.90 Å². The third kappa shape index (κ3) is 4.90. The molecular formula is C18H16F2N4O4S2. The maximum atomic E-state index is 13.7. The van der Waals surface area contributed by atoms with Crippen molar-refractivity contribution in [2.75, 3.05) is 24.3 Å². The first kappa shape index (κ1) is 21.6. The number of aromatic nitrogens is 1. The van der Waals surface area contributed by atoms with Crippen LogP contribution in [-0.4, -0.2) is 33.5 Å². The number of benzene rings is 2. The second kappa shape index (κ2) is 8.73. The number of hydrogen-bond donors (Lipinski definition) is 2. The van der Waals surface area contributed by atoms with Gasteiger partial charge in [0.2, 0.25) is 15.1 Å². The van der Waals surface area contributed by atoms with Gasteiger partial charge in [-0.25, -0.2) is 31.7 Å². The van der Waals surface area contributed by atoms with Crippen LogP contribution >= 0.6 is 11.3 Å². The van der Waals surface area contributed by atoms with Gasteiger partial charge in [-0.1, -0.05) is 17.4 Å². The summed E-state index contributed by atoms with van der Waals surface area (Å²) in [6.45, 7) is 0. The zero-order chi connectivity index (χ0) is 21.9. The molecule has 0 bridgehead atoms. The van der Waals surface area contributed by atoms with Crippen molar-refractivity contribution < 1.29 is 26.7 Å². The highest BCUT2D eigenvalue weighted by Gasteiger charge is 2.17. The standard InChI is InChI=1S/C18H16F2N4O4S2/c1-21-30(26,27)13-5-3-4-12(9-13)24(2)18(25)23-17-22-10-16(29-17)28-15-8-11(19)6-7-14(15)20/h3-10,21H,1-2H3,(H,22,23,25). The van der Waals surface area contributed by atoms with E-state index in [9.17, 15) is 22.0 Å². The number of anilines is 2. The van der Waals surface area contributed by atoms with Crippen molar-refractivity contribution >= 4 is 38.2 Å². The first-order chi connectivity index (χ1) is 14.2. The number of ether oxygens (including phenoxy) is 1. The van der Waals surface area contributed by atoms with Crippen LogP contribution in [0.5, 0.6) is 10.8 Å². The largest absolute Gasteiger partial charge is 0.442 e. The summed E-state index contributed by atoms with van der Waals surface area (Å²) >= 11 is 0.907. The minimum atomic E-state index is -3.66. The number of sulfonamides is 1. The highest BCUT2D eigenvalue weighted by atomic mass is 32.2. The summed E-state index contributed by atoms with van der Waals surface area (Å²) in [5.41, 5.74) is 0.332. The normalized spacial score (nSPS) is 11.2. The zero-order valence-electron chi connectivity index (χ0n) is 15.7. The molecule has 0 atom stereocenters. The Kier molecular flexibility index (Phi) is 6.29. The van der Waals surface area contributed by atoms with Crippen LogP contribution < -0.4 is 19.7 Å². The lowest BCUT2D eigenvalue weighted by molar-refractivity contribution is 0.258. The Morgan fingerprint density at radius 3 is 2.70 bits per heavy atom. The molecule has 0 aliphatic rings. The molecule has 1 heterocycles. The van der Waals surface area contributed by atoms with Gasteiger partial charge < -0.3 is 4.74 Å². The Morgan fingerprint density at radius 2 is 1.97 bits per heavy atom. The number of urea groups is 1. The van der Waals surface area contributed by atoms with Gasteiger partial charge in [-0.15, -0.1) is 0 Å². The number of rotatable bonds is 6. The van der Waals surface area contributed by atoms with E-state index in [0.29, 0.717) is 5.69 Å². The quantitative estimate of drug-likeness (QED) is 0.590. The van der Waals surface area contributed by atoms with Crippen LogP contribution in [0.4, 0.5) is 24.4 Å². The Labute approximate surface area is 175 Å². The molecule has 2 N–H and O–H groups in total. The predicted molar refractivity (Wildman–Crippen MR) is 109 cm³/mol.